The molecule has 7 nitrogen and oxygen atoms in total. The molecule has 0 spiro atoms. The van der Waals surface area contributed by atoms with Gasteiger partial charge < -0.3 is 28.4 Å². The number of halogens is 2. The maximum absolute atomic E-state index is 13.3. The summed E-state index contributed by atoms with van der Waals surface area (Å²) in [4.78, 5) is 13.3. The van der Waals surface area contributed by atoms with Crippen LogP contribution >= 0.6 is 31.8 Å². The molecular weight excluding hydrogens is 521 g/mol. The molecule has 2 aromatic rings. The van der Waals surface area contributed by atoms with Crippen molar-refractivity contribution in [3.05, 3.63) is 45.9 Å². The first-order valence-electron chi connectivity index (χ1n) is 11.5. The second kappa shape index (κ2) is 16.8. The number of carbonyl (C=O) groups excluding carboxylic acids is 1. The molecule has 0 amide bonds. The van der Waals surface area contributed by atoms with E-state index in [1.165, 1.54) is 0 Å². The summed E-state index contributed by atoms with van der Waals surface area (Å²) in [6, 6.07) is 8.31. The third-order valence-corrected chi connectivity index (χ3v) is 6.41. The van der Waals surface area contributed by atoms with Crippen LogP contribution in [0.3, 0.4) is 0 Å². The second-order valence-electron chi connectivity index (χ2n) is 7.27. The van der Waals surface area contributed by atoms with E-state index in [4.69, 9.17) is 51.6 Å². The molecule has 11 heteroatoms. The topological polar surface area (TPSA) is 72.5 Å². The summed E-state index contributed by atoms with van der Waals surface area (Å²) in [5, 5.41) is 1.06. The molecular formula is C25H34Cl2LiO7P. The number of rotatable bonds is 15. The summed E-state index contributed by atoms with van der Waals surface area (Å²) in [6.07, 6.45) is -1.68. The Labute approximate surface area is 237 Å². The Balaban J connectivity index is 0.00000648. The Morgan fingerprint density at radius 3 is 1.64 bits per heavy atom. The zero-order chi connectivity index (χ0) is 26.0. The molecule has 4 unspecified atom stereocenters. The van der Waals surface area contributed by atoms with Crippen LogP contribution in [0.25, 0.3) is 0 Å². The van der Waals surface area contributed by atoms with Gasteiger partial charge >= 0.3 is 18.9 Å². The summed E-state index contributed by atoms with van der Waals surface area (Å²) < 4.78 is 34.7. The molecule has 0 radical (unpaired) electrons. The summed E-state index contributed by atoms with van der Waals surface area (Å²) in [7, 11) is -0.414. The zero-order valence-electron chi connectivity index (χ0n) is 20.9. The number of carbonyl (C=O) groups is 1. The number of benzene rings is 2. The monoisotopic (exact) mass is 554 g/mol. The van der Waals surface area contributed by atoms with E-state index >= 15 is 0 Å². The van der Waals surface area contributed by atoms with Gasteiger partial charge in [-0.1, -0.05) is 29.3 Å². The third-order valence-electron chi connectivity index (χ3n) is 4.56. The minimum atomic E-state index is -0.584. The summed E-state index contributed by atoms with van der Waals surface area (Å²) in [5.41, 5.74) is -0.0214. The van der Waals surface area contributed by atoms with E-state index in [1.54, 1.807) is 51.1 Å². The fourth-order valence-electron chi connectivity index (χ4n) is 3.19. The van der Waals surface area contributed by atoms with Crippen molar-refractivity contribution in [3.63, 3.8) is 0 Å². The van der Waals surface area contributed by atoms with Crippen LogP contribution in [0.2, 0.25) is 10.0 Å². The van der Waals surface area contributed by atoms with E-state index in [9.17, 15) is 4.79 Å². The Hall–Kier alpha value is -1.00. The molecule has 0 saturated heterocycles. The first kappa shape index (κ1) is 33.0. The van der Waals surface area contributed by atoms with Gasteiger partial charge in [0, 0.05) is 32.0 Å². The van der Waals surface area contributed by atoms with E-state index in [-0.39, 0.29) is 40.0 Å². The molecule has 196 valence electrons. The van der Waals surface area contributed by atoms with Gasteiger partial charge in [0.15, 0.2) is 24.4 Å². The van der Waals surface area contributed by atoms with Crippen LogP contribution in [0.1, 0.15) is 51.9 Å². The van der Waals surface area contributed by atoms with Gasteiger partial charge in [0.05, 0.1) is 20.9 Å². The van der Waals surface area contributed by atoms with Crippen LogP contribution in [0.5, 0.6) is 17.2 Å². The second-order valence-corrected chi connectivity index (χ2v) is 9.29. The number of ether oxygens (including phenoxy) is 6. The van der Waals surface area contributed by atoms with Crippen molar-refractivity contribution < 1.29 is 33.2 Å². The molecule has 0 N–H and O–H groups in total. The molecule has 36 heavy (non-hydrogen) atoms. The third kappa shape index (κ3) is 10.0. The van der Waals surface area contributed by atoms with Gasteiger partial charge in [0.2, 0.25) is 0 Å². The van der Waals surface area contributed by atoms with Crippen molar-refractivity contribution in [2.75, 3.05) is 19.8 Å². The van der Waals surface area contributed by atoms with Crippen LogP contribution < -0.4 is 19.5 Å². The fraction of sp³-hybridized carbons (Fsp3) is 0.480. The molecule has 2 rings (SSSR count). The van der Waals surface area contributed by atoms with Crippen molar-refractivity contribution in [3.8, 4) is 17.2 Å². The Kier molecular flexibility index (Phi) is 15.4. The molecule has 4 atom stereocenters. The van der Waals surface area contributed by atoms with Crippen molar-refractivity contribution in [2.24, 2.45) is 0 Å². The molecule has 0 aromatic heterocycles. The summed E-state index contributed by atoms with van der Waals surface area (Å²) >= 11 is 12.6. The van der Waals surface area contributed by atoms with Crippen LogP contribution in [-0.2, 0) is 14.2 Å². The standard InChI is InChI=1S/C25H33Cl2O7P.Li.H/c1-7-29-15(4)32-18-13-21(33-16(5)30-8-2)24(22(14-18)34-17(6)31-9-3)35-25(28)23-19(26)11-10-12-20(23)27;;/h10-17,35H,7-9H2,1-6H3;;. The first-order chi connectivity index (χ1) is 16.7. The average Bonchev–Trinajstić information content (AvgIpc) is 2.76. The van der Waals surface area contributed by atoms with Gasteiger partial charge in [-0.15, -0.1) is 0 Å². The SMILES string of the molecule is CCOC(C)Oc1cc(OC(C)OCC)c(PC(=O)c2c(Cl)cccc2Cl)c(OC(C)OCC)c1.[LiH]. The van der Waals surface area contributed by atoms with Gasteiger partial charge in [0.25, 0.3) is 0 Å². The molecule has 0 saturated carbocycles. The number of hydrogen-bond acceptors (Lipinski definition) is 7. The molecule has 0 aliphatic carbocycles. The normalized spacial score (nSPS) is 13.7. The molecule has 0 aliphatic rings. The molecule has 2 aromatic carbocycles. The summed E-state index contributed by atoms with van der Waals surface area (Å²) in [6.45, 7) is 12.3. The van der Waals surface area contributed by atoms with Gasteiger partial charge in [0.1, 0.15) is 17.2 Å². The fourth-order valence-corrected chi connectivity index (χ4v) is 5.05. The van der Waals surface area contributed by atoms with Gasteiger partial charge in [-0.2, -0.15) is 0 Å². The van der Waals surface area contributed by atoms with E-state index < -0.39 is 27.5 Å². The Bertz CT molecular complexity index is 924. The van der Waals surface area contributed by atoms with Crippen LogP contribution in [0.15, 0.2) is 30.3 Å². The first-order valence-corrected chi connectivity index (χ1v) is 13.2. The quantitative estimate of drug-likeness (QED) is 0.157. The predicted octanol–water partition coefficient (Wildman–Crippen LogP) is 5.77. The summed E-state index contributed by atoms with van der Waals surface area (Å²) in [5.74, 6) is 1.20. The Morgan fingerprint density at radius 2 is 1.22 bits per heavy atom. The van der Waals surface area contributed by atoms with Crippen molar-refractivity contribution in [1.82, 2.24) is 0 Å². The van der Waals surface area contributed by atoms with Crippen molar-refractivity contribution >= 4 is 61.5 Å². The van der Waals surface area contributed by atoms with Crippen LogP contribution in [0, 0.1) is 0 Å². The van der Waals surface area contributed by atoms with E-state index in [0.717, 1.165) is 0 Å². The molecule has 0 bridgehead atoms. The van der Waals surface area contributed by atoms with Gasteiger partial charge in [-0.3, -0.25) is 4.79 Å². The maximum atomic E-state index is 13.3. The predicted molar refractivity (Wildman–Crippen MR) is 147 cm³/mol. The number of hydrogen-bond donors (Lipinski definition) is 0. The Morgan fingerprint density at radius 1 is 0.806 bits per heavy atom. The average molecular weight is 555 g/mol. The van der Waals surface area contributed by atoms with Gasteiger partial charge in [-0.25, -0.2) is 0 Å². The van der Waals surface area contributed by atoms with E-state index in [0.29, 0.717) is 42.4 Å². The van der Waals surface area contributed by atoms with E-state index in [2.05, 4.69) is 0 Å². The zero-order valence-corrected chi connectivity index (χ0v) is 23.4. The van der Waals surface area contributed by atoms with Crippen LogP contribution in [0.4, 0.5) is 0 Å². The van der Waals surface area contributed by atoms with Crippen molar-refractivity contribution in [1.29, 1.82) is 0 Å². The molecule has 0 heterocycles. The van der Waals surface area contributed by atoms with E-state index in [1.807, 2.05) is 20.8 Å². The molecule has 0 fully saturated rings. The van der Waals surface area contributed by atoms with Crippen LogP contribution in [-0.4, -0.2) is 63.1 Å². The minimum absolute atomic E-state index is 0. The van der Waals surface area contributed by atoms with Crippen molar-refractivity contribution in [2.45, 2.75) is 60.4 Å². The molecule has 0 aliphatic heterocycles. The van der Waals surface area contributed by atoms with Gasteiger partial charge in [-0.05, 0) is 62.3 Å².